The lowest BCUT2D eigenvalue weighted by Gasteiger charge is -2.04. The average Bonchev–Trinajstić information content (AvgIpc) is 3.14. The molecule has 5 heteroatoms. The summed E-state index contributed by atoms with van der Waals surface area (Å²) < 4.78 is 11.7. The van der Waals surface area contributed by atoms with Crippen molar-refractivity contribution in [3.05, 3.63) is 117 Å². The molecule has 2 aromatic heterocycles. The standard InChI is InChI=1S/C25H15ClO4/c26-17-10-6-9-16(14-17)23(27)21-20(13-15-7-2-1-3-8-15)29-24-18-11-4-5-12-19(18)30-25(28)22(21)24/h1-12,14H,13H2. The number of hydrogen-bond acceptors (Lipinski definition) is 4. The number of carbonyl (C=O) groups excluding carboxylic acids is 1. The SMILES string of the molecule is O=C(c1cccc(Cl)c1)c1c(Cc2ccccc2)oc2c1c(=O)oc1ccccc12. The third kappa shape index (κ3) is 3.11. The number of hydrogen-bond donors (Lipinski definition) is 0. The van der Waals surface area contributed by atoms with Crippen LogP contribution < -0.4 is 5.63 Å². The first kappa shape index (κ1) is 18.4. The second kappa shape index (κ2) is 7.32. The maximum absolute atomic E-state index is 13.5. The minimum absolute atomic E-state index is 0.157. The Morgan fingerprint density at radius 1 is 0.867 bits per heavy atom. The Kier molecular flexibility index (Phi) is 4.49. The Morgan fingerprint density at radius 3 is 2.43 bits per heavy atom. The lowest BCUT2D eigenvalue weighted by molar-refractivity contribution is 0.103. The van der Waals surface area contributed by atoms with Gasteiger partial charge in [0.2, 0.25) is 0 Å². The van der Waals surface area contributed by atoms with Crippen LogP contribution in [0.25, 0.3) is 21.9 Å². The summed E-state index contributed by atoms with van der Waals surface area (Å²) in [6.07, 6.45) is 0.366. The predicted octanol–water partition coefficient (Wildman–Crippen LogP) is 6.01. The van der Waals surface area contributed by atoms with Crippen LogP contribution in [0.1, 0.15) is 27.2 Å². The molecule has 30 heavy (non-hydrogen) atoms. The zero-order chi connectivity index (χ0) is 20.7. The Balaban J connectivity index is 1.81. The maximum Gasteiger partial charge on any atom is 0.348 e. The van der Waals surface area contributed by atoms with Gasteiger partial charge in [-0.3, -0.25) is 4.79 Å². The summed E-state index contributed by atoms with van der Waals surface area (Å²) in [5.74, 6) is 0.0922. The van der Waals surface area contributed by atoms with E-state index in [1.54, 1.807) is 36.4 Å². The Bertz CT molecular complexity index is 1460. The van der Waals surface area contributed by atoms with Crippen LogP contribution in [0.2, 0.25) is 5.02 Å². The Hall–Kier alpha value is -3.63. The van der Waals surface area contributed by atoms with Gasteiger partial charge in [-0.25, -0.2) is 4.79 Å². The molecule has 0 atom stereocenters. The highest BCUT2D eigenvalue weighted by molar-refractivity contribution is 6.31. The van der Waals surface area contributed by atoms with Crippen LogP contribution in [0.5, 0.6) is 0 Å². The van der Waals surface area contributed by atoms with E-state index >= 15 is 0 Å². The molecule has 0 radical (unpaired) electrons. The monoisotopic (exact) mass is 414 g/mol. The fourth-order valence-corrected chi connectivity index (χ4v) is 3.87. The maximum atomic E-state index is 13.5. The number of ketones is 1. The fraction of sp³-hybridized carbons (Fsp3) is 0.0400. The van der Waals surface area contributed by atoms with E-state index in [-0.39, 0.29) is 16.7 Å². The van der Waals surface area contributed by atoms with E-state index in [9.17, 15) is 9.59 Å². The smallest absolute Gasteiger partial charge is 0.348 e. The van der Waals surface area contributed by atoms with Crippen molar-refractivity contribution in [3.63, 3.8) is 0 Å². The minimum Gasteiger partial charge on any atom is -0.459 e. The number of para-hydroxylation sites is 1. The van der Waals surface area contributed by atoms with Crippen molar-refractivity contribution >= 4 is 39.3 Å². The van der Waals surface area contributed by atoms with Gasteiger partial charge in [0.15, 0.2) is 11.4 Å². The summed E-state index contributed by atoms with van der Waals surface area (Å²) in [6.45, 7) is 0. The number of carbonyl (C=O) groups is 1. The number of fused-ring (bicyclic) bond motifs is 3. The van der Waals surface area contributed by atoms with Gasteiger partial charge in [-0.15, -0.1) is 0 Å². The minimum atomic E-state index is -0.600. The molecule has 4 nitrogen and oxygen atoms in total. The molecule has 0 unspecified atom stereocenters. The van der Waals surface area contributed by atoms with Crippen molar-refractivity contribution in [1.82, 2.24) is 0 Å². The predicted molar refractivity (Wildman–Crippen MR) is 116 cm³/mol. The molecule has 0 N–H and O–H groups in total. The lowest BCUT2D eigenvalue weighted by Crippen LogP contribution is -2.09. The molecule has 0 bridgehead atoms. The van der Waals surface area contributed by atoms with Crippen molar-refractivity contribution < 1.29 is 13.6 Å². The highest BCUT2D eigenvalue weighted by Gasteiger charge is 2.27. The third-order valence-corrected chi connectivity index (χ3v) is 5.28. The van der Waals surface area contributed by atoms with Crippen LogP contribution in [-0.2, 0) is 6.42 Å². The number of furan rings is 1. The molecular weight excluding hydrogens is 400 g/mol. The van der Waals surface area contributed by atoms with Crippen molar-refractivity contribution in [3.8, 4) is 0 Å². The van der Waals surface area contributed by atoms with Gasteiger partial charge in [-0.1, -0.05) is 66.2 Å². The van der Waals surface area contributed by atoms with Crippen molar-refractivity contribution in [2.24, 2.45) is 0 Å². The van der Waals surface area contributed by atoms with Crippen molar-refractivity contribution in [2.75, 3.05) is 0 Å². The summed E-state index contributed by atoms with van der Waals surface area (Å²) in [5, 5.41) is 1.24. The van der Waals surface area contributed by atoms with E-state index in [4.69, 9.17) is 20.4 Å². The first-order chi connectivity index (χ1) is 14.6. The summed E-state index contributed by atoms with van der Waals surface area (Å²) in [4.78, 5) is 26.4. The van der Waals surface area contributed by atoms with Crippen LogP contribution >= 0.6 is 11.6 Å². The number of benzene rings is 3. The molecule has 3 aromatic carbocycles. The second-order valence-electron chi connectivity index (χ2n) is 6.99. The fourth-order valence-electron chi connectivity index (χ4n) is 3.68. The highest BCUT2D eigenvalue weighted by atomic mass is 35.5. The molecule has 5 rings (SSSR count). The van der Waals surface area contributed by atoms with Crippen LogP contribution in [0.4, 0.5) is 0 Å². The summed E-state index contributed by atoms with van der Waals surface area (Å²) >= 11 is 6.09. The Labute approximate surface area is 176 Å². The van der Waals surface area contributed by atoms with Gasteiger partial charge in [0.25, 0.3) is 0 Å². The largest absolute Gasteiger partial charge is 0.459 e. The molecule has 0 spiro atoms. The van der Waals surface area contributed by atoms with E-state index in [0.29, 0.717) is 39.3 Å². The normalized spacial score (nSPS) is 11.2. The van der Waals surface area contributed by atoms with Crippen LogP contribution in [0.15, 0.2) is 92.5 Å². The topological polar surface area (TPSA) is 60.4 Å². The van der Waals surface area contributed by atoms with Gasteiger partial charge in [0.1, 0.15) is 16.7 Å². The van der Waals surface area contributed by atoms with Gasteiger partial charge in [0, 0.05) is 17.0 Å². The summed E-state index contributed by atoms with van der Waals surface area (Å²) in [5.41, 5.74) is 1.74. The van der Waals surface area contributed by atoms with E-state index in [0.717, 1.165) is 5.56 Å². The molecule has 0 aliphatic carbocycles. The number of halogens is 1. The van der Waals surface area contributed by atoms with Gasteiger partial charge >= 0.3 is 5.63 Å². The molecular formula is C25H15ClO4. The van der Waals surface area contributed by atoms with Crippen LogP contribution in [-0.4, -0.2) is 5.78 Å². The first-order valence-corrected chi connectivity index (χ1v) is 9.81. The molecule has 2 heterocycles. The van der Waals surface area contributed by atoms with Gasteiger partial charge in [-0.2, -0.15) is 0 Å². The van der Waals surface area contributed by atoms with Crippen molar-refractivity contribution in [1.29, 1.82) is 0 Å². The molecule has 0 aliphatic heterocycles. The molecule has 0 saturated heterocycles. The van der Waals surface area contributed by atoms with E-state index < -0.39 is 5.63 Å². The second-order valence-corrected chi connectivity index (χ2v) is 7.43. The first-order valence-electron chi connectivity index (χ1n) is 9.43. The van der Waals surface area contributed by atoms with Gasteiger partial charge in [0.05, 0.1) is 10.9 Å². The highest BCUT2D eigenvalue weighted by Crippen LogP contribution is 2.32. The summed E-state index contributed by atoms with van der Waals surface area (Å²) in [6, 6.07) is 23.4. The third-order valence-electron chi connectivity index (χ3n) is 5.04. The molecule has 0 fully saturated rings. The molecule has 0 aliphatic rings. The quantitative estimate of drug-likeness (QED) is 0.267. The molecule has 0 saturated carbocycles. The van der Waals surface area contributed by atoms with E-state index in [2.05, 4.69) is 0 Å². The van der Waals surface area contributed by atoms with Crippen molar-refractivity contribution in [2.45, 2.75) is 6.42 Å². The molecule has 146 valence electrons. The molecule has 5 aromatic rings. The Morgan fingerprint density at radius 2 is 1.63 bits per heavy atom. The summed E-state index contributed by atoms with van der Waals surface area (Å²) in [7, 11) is 0. The van der Waals surface area contributed by atoms with Crippen LogP contribution in [0.3, 0.4) is 0 Å². The average molecular weight is 415 g/mol. The molecule has 0 amide bonds. The van der Waals surface area contributed by atoms with Gasteiger partial charge < -0.3 is 8.83 Å². The van der Waals surface area contributed by atoms with E-state index in [1.165, 1.54) is 0 Å². The lowest BCUT2D eigenvalue weighted by atomic mass is 9.98. The number of rotatable bonds is 4. The van der Waals surface area contributed by atoms with Gasteiger partial charge in [-0.05, 0) is 29.8 Å². The zero-order valence-electron chi connectivity index (χ0n) is 15.7. The zero-order valence-corrected chi connectivity index (χ0v) is 16.5. The van der Waals surface area contributed by atoms with Crippen LogP contribution in [0, 0.1) is 0 Å². The van der Waals surface area contributed by atoms with E-state index in [1.807, 2.05) is 42.5 Å².